The lowest BCUT2D eigenvalue weighted by Crippen LogP contribution is -2.40. The van der Waals surface area contributed by atoms with Gasteiger partial charge in [-0.15, -0.1) is 0 Å². The normalized spacial score (nSPS) is 18.4. The smallest absolute Gasteiger partial charge is 0.417 e. The molecule has 0 saturated heterocycles. The van der Waals surface area contributed by atoms with Crippen LogP contribution in [0.25, 0.3) is 11.1 Å². The van der Waals surface area contributed by atoms with Crippen molar-refractivity contribution >= 4 is 5.97 Å². The number of hydrogen-bond acceptors (Lipinski definition) is 7. The molecule has 0 bridgehead atoms. The zero-order valence-electron chi connectivity index (χ0n) is 23.8. The van der Waals surface area contributed by atoms with Gasteiger partial charge in [0.1, 0.15) is 41.9 Å². The van der Waals surface area contributed by atoms with Crippen LogP contribution in [0.15, 0.2) is 48.5 Å². The minimum absolute atomic E-state index is 0.0709. The number of halogens is 4. The predicted molar refractivity (Wildman–Crippen MR) is 148 cm³/mol. The lowest BCUT2D eigenvalue weighted by molar-refractivity contribution is -0.141. The SMILES string of the molecule is COC(=O)C[C@@H]1COc2cc(O[C@@H]3CCc4c(-c5ccc(OC[C@H](O)C(C)(C)O)cc5)c(C(F)(F)F)cc(F)c43)ccc21. The molecule has 1 aliphatic carbocycles. The van der Waals surface area contributed by atoms with Crippen molar-refractivity contribution in [3.05, 3.63) is 76.6 Å². The summed E-state index contributed by atoms with van der Waals surface area (Å²) in [5, 5.41) is 19.9. The van der Waals surface area contributed by atoms with Gasteiger partial charge in [0.15, 0.2) is 0 Å². The third-order valence-electron chi connectivity index (χ3n) is 7.86. The molecule has 7 nitrogen and oxygen atoms in total. The van der Waals surface area contributed by atoms with Crippen molar-refractivity contribution in [3.8, 4) is 28.4 Å². The quantitative estimate of drug-likeness (QED) is 0.224. The molecular formula is C32H32F4O7. The van der Waals surface area contributed by atoms with Crippen LogP contribution in [0.4, 0.5) is 17.6 Å². The van der Waals surface area contributed by atoms with E-state index in [4.69, 9.17) is 18.9 Å². The Morgan fingerprint density at radius 2 is 1.79 bits per heavy atom. The van der Waals surface area contributed by atoms with Crippen molar-refractivity contribution in [3.63, 3.8) is 0 Å². The molecule has 3 aromatic rings. The number of aliphatic hydroxyl groups excluding tert-OH is 1. The molecule has 1 aliphatic heterocycles. The van der Waals surface area contributed by atoms with Gasteiger partial charge in [-0.05, 0) is 67.6 Å². The number of fused-ring (bicyclic) bond motifs is 2. The van der Waals surface area contributed by atoms with Crippen molar-refractivity contribution < 1.29 is 51.5 Å². The van der Waals surface area contributed by atoms with Crippen LogP contribution in [0.5, 0.6) is 17.2 Å². The van der Waals surface area contributed by atoms with E-state index in [0.717, 1.165) is 5.56 Å². The molecule has 0 saturated carbocycles. The van der Waals surface area contributed by atoms with Crippen LogP contribution in [0, 0.1) is 5.82 Å². The van der Waals surface area contributed by atoms with Gasteiger partial charge in [-0.3, -0.25) is 4.79 Å². The third-order valence-corrected chi connectivity index (χ3v) is 7.86. The second-order valence-corrected chi connectivity index (χ2v) is 11.3. The van der Waals surface area contributed by atoms with E-state index in [1.54, 1.807) is 18.2 Å². The number of aliphatic hydroxyl groups is 2. The maximum Gasteiger partial charge on any atom is 0.417 e. The second kappa shape index (κ2) is 11.7. The molecule has 0 spiro atoms. The summed E-state index contributed by atoms with van der Waals surface area (Å²) in [6.07, 6.45) is -6.24. The van der Waals surface area contributed by atoms with E-state index >= 15 is 4.39 Å². The number of esters is 1. The van der Waals surface area contributed by atoms with Crippen LogP contribution in [0.2, 0.25) is 0 Å². The summed E-state index contributed by atoms with van der Waals surface area (Å²) in [5.74, 6) is -0.354. The van der Waals surface area contributed by atoms with Crippen LogP contribution in [0.1, 0.15) is 61.0 Å². The van der Waals surface area contributed by atoms with E-state index < -0.39 is 35.4 Å². The summed E-state index contributed by atoms with van der Waals surface area (Å²) in [7, 11) is 1.31. The Bertz CT molecular complexity index is 1500. The van der Waals surface area contributed by atoms with Crippen LogP contribution in [-0.2, 0) is 22.1 Å². The Kier molecular flexibility index (Phi) is 8.32. The lowest BCUT2D eigenvalue weighted by atomic mass is 9.91. The first-order chi connectivity index (χ1) is 20.3. The van der Waals surface area contributed by atoms with Gasteiger partial charge in [-0.2, -0.15) is 13.2 Å². The van der Waals surface area contributed by atoms with E-state index in [0.29, 0.717) is 24.2 Å². The van der Waals surface area contributed by atoms with Gasteiger partial charge in [0.25, 0.3) is 0 Å². The van der Waals surface area contributed by atoms with Crippen LogP contribution < -0.4 is 14.2 Å². The lowest BCUT2D eigenvalue weighted by Gasteiger charge is -2.24. The summed E-state index contributed by atoms with van der Waals surface area (Å²) in [6.45, 7) is 2.93. The number of benzene rings is 3. The highest BCUT2D eigenvalue weighted by atomic mass is 19.4. The maximum atomic E-state index is 15.4. The van der Waals surface area contributed by atoms with Crippen LogP contribution in [-0.4, -0.2) is 48.2 Å². The van der Waals surface area contributed by atoms with Crippen molar-refractivity contribution in [1.82, 2.24) is 0 Å². The van der Waals surface area contributed by atoms with Gasteiger partial charge in [-0.25, -0.2) is 4.39 Å². The van der Waals surface area contributed by atoms with Crippen molar-refractivity contribution in [1.29, 1.82) is 0 Å². The summed E-state index contributed by atoms with van der Waals surface area (Å²) in [5.41, 5.74) is -1.27. The van der Waals surface area contributed by atoms with Gasteiger partial charge in [-0.1, -0.05) is 18.2 Å². The number of carbonyl (C=O) groups excluding carboxylic acids is 1. The van der Waals surface area contributed by atoms with E-state index in [9.17, 15) is 28.2 Å². The summed E-state index contributed by atoms with van der Waals surface area (Å²) >= 11 is 0. The highest BCUT2D eigenvalue weighted by molar-refractivity contribution is 5.75. The summed E-state index contributed by atoms with van der Waals surface area (Å²) < 4.78 is 80.0. The first-order valence-electron chi connectivity index (χ1n) is 13.8. The fourth-order valence-electron chi connectivity index (χ4n) is 5.46. The molecule has 2 aliphatic rings. The molecule has 11 heteroatoms. The standard InChI is InChI=1S/C32H32F4O7/c1-31(2,39)27(37)16-41-19-6-4-17(5-7-19)29-22-10-11-25(30(22)24(33)14-23(29)32(34,35)36)43-20-8-9-21-18(12-28(38)40-3)15-42-26(21)13-20/h4-9,13-14,18,25,27,37,39H,10-12,15-16H2,1-3H3/t18-,25-,27+/m1/s1. The Morgan fingerprint density at radius 1 is 1.09 bits per heavy atom. The Balaban J connectivity index is 1.42. The summed E-state index contributed by atoms with van der Waals surface area (Å²) in [6, 6.07) is 11.4. The predicted octanol–water partition coefficient (Wildman–Crippen LogP) is 6.13. The molecule has 0 unspecified atom stereocenters. The average molecular weight is 605 g/mol. The van der Waals surface area contributed by atoms with Gasteiger partial charge < -0.3 is 29.2 Å². The maximum absolute atomic E-state index is 15.4. The molecule has 3 atom stereocenters. The molecule has 230 valence electrons. The first kappa shape index (κ1) is 30.6. The Morgan fingerprint density at radius 3 is 2.44 bits per heavy atom. The van der Waals surface area contributed by atoms with E-state index in [1.807, 2.05) is 0 Å². The minimum atomic E-state index is -4.81. The highest BCUT2D eigenvalue weighted by Gasteiger charge is 2.40. The van der Waals surface area contributed by atoms with Crippen LogP contribution >= 0.6 is 0 Å². The van der Waals surface area contributed by atoms with Crippen molar-refractivity contribution in [2.45, 2.75) is 63.0 Å². The average Bonchev–Trinajstić information content (AvgIpc) is 3.55. The molecule has 3 aromatic carbocycles. The van der Waals surface area contributed by atoms with Crippen molar-refractivity contribution in [2.75, 3.05) is 20.3 Å². The Hall–Kier alpha value is -3.83. The molecule has 5 rings (SSSR count). The second-order valence-electron chi connectivity index (χ2n) is 11.3. The molecule has 1 heterocycles. The Labute approximate surface area is 246 Å². The molecule has 0 radical (unpaired) electrons. The van der Waals surface area contributed by atoms with E-state index in [1.165, 1.54) is 45.2 Å². The molecular weight excluding hydrogens is 572 g/mol. The summed E-state index contributed by atoms with van der Waals surface area (Å²) in [4.78, 5) is 11.7. The number of methoxy groups -OCH3 is 1. The zero-order valence-corrected chi connectivity index (χ0v) is 23.8. The van der Waals surface area contributed by atoms with E-state index in [-0.39, 0.29) is 65.8 Å². The largest absolute Gasteiger partial charge is 0.492 e. The fourth-order valence-corrected chi connectivity index (χ4v) is 5.46. The first-order valence-corrected chi connectivity index (χ1v) is 13.8. The number of alkyl halides is 3. The molecule has 0 aromatic heterocycles. The zero-order chi connectivity index (χ0) is 31.1. The van der Waals surface area contributed by atoms with Gasteiger partial charge in [0.05, 0.1) is 31.3 Å². The monoisotopic (exact) mass is 604 g/mol. The molecule has 2 N–H and O–H groups in total. The van der Waals surface area contributed by atoms with Gasteiger partial charge >= 0.3 is 12.1 Å². The number of carbonyl (C=O) groups is 1. The van der Waals surface area contributed by atoms with Gasteiger partial charge in [0.2, 0.25) is 0 Å². The minimum Gasteiger partial charge on any atom is -0.492 e. The molecule has 0 amide bonds. The highest BCUT2D eigenvalue weighted by Crippen LogP contribution is 2.48. The molecule has 0 fully saturated rings. The van der Waals surface area contributed by atoms with E-state index in [2.05, 4.69) is 0 Å². The number of rotatable bonds is 9. The molecule has 43 heavy (non-hydrogen) atoms. The third kappa shape index (κ3) is 6.42. The van der Waals surface area contributed by atoms with Crippen LogP contribution in [0.3, 0.4) is 0 Å². The fraction of sp³-hybridized carbons (Fsp3) is 0.406. The topological polar surface area (TPSA) is 94.5 Å². The van der Waals surface area contributed by atoms with Gasteiger partial charge in [0, 0.05) is 23.1 Å². The number of hydrogen-bond donors (Lipinski definition) is 2. The van der Waals surface area contributed by atoms with Crippen molar-refractivity contribution in [2.24, 2.45) is 0 Å². The number of ether oxygens (including phenoxy) is 4.